The molecule has 4 heteroatoms. The van der Waals surface area contributed by atoms with Gasteiger partial charge in [0.1, 0.15) is 5.69 Å². The molecule has 1 unspecified atom stereocenters. The summed E-state index contributed by atoms with van der Waals surface area (Å²) >= 11 is 0. The van der Waals surface area contributed by atoms with Gasteiger partial charge in [0.15, 0.2) is 0 Å². The first-order valence-corrected chi connectivity index (χ1v) is 5.48. The van der Waals surface area contributed by atoms with Crippen LogP contribution in [0.25, 0.3) is 0 Å². The molecule has 90 valence electrons. The van der Waals surface area contributed by atoms with Gasteiger partial charge in [-0.3, -0.25) is 4.98 Å². The van der Waals surface area contributed by atoms with Crippen LogP contribution in [0.5, 0.6) is 0 Å². The largest absolute Gasteiger partial charge is 0.433 e. The fourth-order valence-corrected chi connectivity index (χ4v) is 1.59. The van der Waals surface area contributed by atoms with E-state index < -0.39 is 11.9 Å². The summed E-state index contributed by atoms with van der Waals surface area (Å²) in [5, 5.41) is 0. The number of rotatable bonds is 4. The average Bonchev–Trinajstić information content (AvgIpc) is 2.25. The summed E-state index contributed by atoms with van der Waals surface area (Å²) in [5.41, 5.74) is -0.0795. The molecule has 0 aliphatic rings. The van der Waals surface area contributed by atoms with Crippen molar-refractivity contribution in [3.63, 3.8) is 0 Å². The summed E-state index contributed by atoms with van der Waals surface area (Å²) in [7, 11) is 0. The molecule has 16 heavy (non-hydrogen) atoms. The van der Waals surface area contributed by atoms with E-state index in [1.54, 1.807) is 6.07 Å². The normalized spacial score (nSPS) is 13.8. The minimum atomic E-state index is -4.35. The second kappa shape index (κ2) is 5.32. The van der Waals surface area contributed by atoms with Crippen LogP contribution in [0.2, 0.25) is 0 Å². The molecule has 1 heterocycles. The Kier molecular flexibility index (Phi) is 4.33. The smallest absolute Gasteiger partial charge is 0.252 e. The second-order valence-electron chi connectivity index (χ2n) is 4.02. The lowest BCUT2D eigenvalue weighted by Gasteiger charge is -2.13. The van der Waals surface area contributed by atoms with E-state index in [0.717, 1.165) is 30.9 Å². The van der Waals surface area contributed by atoms with Crippen LogP contribution in [-0.2, 0) is 6.18 Å². The number of nitrogens with zero attached hydrogens (tertiary/aromatic N) is 1. The zero-order valence-corrected chi connectivity index (χ0v) is 9.51. The van der Waals surface area contributed by atoms with Gasteiger partial charge < -0.3 is 0 Å². The topological polar surface area (TPSA) is 12.9 Å². The Bertz CT molecular complexity index is 333. The molecule has 0 aliphatic heterocycles. The van der Waals surface area contributed by atoms with Crippen LogP contribution in [0.3, 0.4) is 0 Å². The average molecular weight is 231 g/mol. The molecule has 0 radical (unpaired) electrons. The van der Waals surface area contributed by atoms with Crippen molar-refractivity contribution in [1.29, 1.82) is 0 Å². The Hall–Kier alpha value is -1.06. The summed E-state index contributed by atoms with van der Waals surface area (Å²) < 4.78 is 37.3. The van der Waals surface area contributed by atoms with E-state index in [4.69, 9.17) is 0 Å². The lowest BCUT2D eigenvalue weighted by atomic mass is 9.96. The van der Waals surface area contributed by atoms with Crippen LogP contribution in [-0.4, -0.2) is 4.98 Å². The lowest BCUT2D eigenvalue weighted by molar-refractivity contribution is -0.141. The van der Waals surface area contributed by atoms with Crippen molar-refractivity contribution in [3.05, 3.63) is 29.6 Å². The molecule has 0 amide bonds. The van der Waals surface area contributed by atoms with E-state index >= 15 is 0 Å². The highest BCUT2D eigenvalue weighted by molar-refractivity contribution is 5.21. The van der Waals surface area contributed by atoms with Gasteiger partial charge in [0.05, 0.1) is 0 Å². The Balaban J connectivity index is 2.82. The van der Waals surface area contributed by atoms with Gasteiger partial charge in [0.25, 0.3) is 0 Å². The zero-order valence-electron chi connectivity index (χ0n) is 9.51. The molecule has 0 saturated heterocycles. The Labute approximate surface area is 93.7 Å². The molecular weight excluding hydrogens is 215 g/mol. The van der Waals surface area contributed by atoms with Crippen LogP contribution in [0, 0.1) is 0 Å². The van der Waals surface area contributed by atoms with Crippen LogP contribution in [0.15, 0.2) is 18.3 Å². The third-order valence-corrected chi connectivity index (χ3v) is 2.63. The maximum Gasteiger partial charge on any atom is 0.433 e. The number of hydrogen-bond acceptors (Lipinski definition) is 1. The first kappa shape index (κ1) is 13.0. The molecule has 1 rings (SSSR count). The third kappa shape index (κ3) is 3.51. The molecule has 0 bridgehead atoms. The van der Waals surface area contributed by atoms with Crippen molar-refractivity contribution < 1.29 is 13.2 Å². The van der Waals surface area contributed by atoms with Gasteiger partial charge in [-0.1, -0.05) is 26.7 Å². The van der Waals surface area contributed by atoms with Gasteiger partial charge in [-0.15, -0.1) is 0 Å². The van der Waals surface area contributed by atoms with Gasteiger partial charge >= 0.3 is 6.18 Å². The van der Waals surface area contributed by atoms with E-state index in [1.165, 1.54) is 6.20 Å². The SMILES string of the molecule is CCCCC(C)c1ccnc(C(F)(F)F)c1. The Morgan fingerprint density at radius 2 is 2.06 bits per heavy atom. The minimum absolute atomic E-state index is 0.157. The maximum absolute atomic E-state index is 12.4. The van der Waals surface area contributed by atoms with Crippen molar-refractivity contribution in [3.8, 4) is 0 Å². The molecule has 0 spiro atoms. The molecule has 0 fully saturated rings. The Morgan fingerprint density at radius 1 is 1.38 bits per heavy atom. The highest BCUT2D eigenvalue weighted by Crippen LogP contribution is 2.30. The van der Waals surface area contributed by atoms with Crippen molar-refractivity contribution in [1.82, 2.24) is 4.98 Å². The summed E-state index contributed by atoms with van der Waals surface area (Å²) in [4.78, 5) is 3.35. The zero-order chi connectivity index (χ0) is 12.2. The van der Waals surface area contributed by atoms with Gasteiger partial charge in [0.2, 0.25) is 0 Å². The van der Waals surface area contributed by atoms with Crippen LogP contribution in [0.4, 0.5) is 13.2 Å². The number of halogens is 3. The van der Waals surface area contributed by atoms with E-state index in [0.29, 0.717) is 0 Å². The molecule has 1 aromatic heterocycles. The van der Waals surface area contributed by atoms with Crippen molar-refractivity contribution in [2.24, 2.45) is 0 Å². The molecule has 0 aliphatic carbocycles. The van der Waals surface area contributed by atoms with Crippen LogP contribution in [0.1, 0.15) is 50.3 Å². The van der Waals surface area contributed by atoms with Gasteiger partial charge in [-0.05, 0) is 30.0 Å². The summed E-state index contributed by atoms with van der Waals surface area (Å²) in [6.45, 7) is 4.02. The maximum atomic E-state index is 12.4. The molecule has 1 aromatic rings. The van der Waals surface area contributed by atoms with Gasteiger partial charge in [0, 0.05) is 6.20 Å². The van der Waals surface area contributed by atoms with Crippen LogP contribution >= 0.6 is 0 Å². The third-order valence-electron chi connectivity index (χ3n) is 2.63. The minimum Gasteiger partial charge on any atom is -0.252 e. The van der Waals surface area contributed by atoms with E-state index in [2.05, 4.69) is 11.9 Å². The highest BCUT2D eigenvalue weighted by atomic mass is 19.4. The molecule has 1 nitrogen and oxygen atoms in total. The van der Waals surface area contributed by atoms with Crippen molar-refractivity contribution in [2.45, 2.75) is 45.2 Å². The molecule has 0 aromatic carbocycles. The summed E-state index contributed by atoms with van der Waals surface area (Å²) in [6, 6.07) is 2.82. The molecular formula is C12H16F3N. The monoisotopic (exact) mass is 231 g/mol. The number of pyridine rings is 1. The Morgan fingerprint density at radius 3 is 2.62 bits per heavy atom. The fourth-order valence-electron chi connectivity index (χ4n) is 1.59. The number of alkyl halides is 3. The summed E-state index contributed by atoms with van der Waals surface area (Å²) in [5.74, 6) is 0.157. The quantitative estimate of drug-likeness (QED) is 0.748. The highest BCUT2D eigenvalue weighted by Gasteiger charge is 2.32. The van der Waals surface area contributed by atoms with Crippen molar-refractivity contribution >= 4 is 0 Å². The number of unbranched alkanes of at least 4 members (excludes halogenated alkanes) is 1. The lowest BCUT2D eigenvalue weighted by Crippen LogP contribution is -2.09. The van der Waals surface area contributed by atoms with E-state index in [-0.39, 0.29) is 5.92 Å². The standard InChI is InChI=1S/C12H16F3N/c1-3-4-5-9(2)10-6-7-16-11(8-10)12(13,14)15/h6-9H,3-5H2,1-2H3. The molecule has 0 saturated carbocycles. The van der Waals surface area contributed by atoms with Gasteiger partial charge in [-0.2, -0.15) is 13.2 Å². The fraction of sp³-hybridized carbons (Fsp3) is 0.583. The van der Waals surface area contributed by atoms with Gasteiger partial charge in [-0.25, -0.2) is 0 Å². The summed E-state index contributed by atoms with van der Waals surface area (Å²) in [6.07, 6.45) is -0.106. The van der Waals surface area contributed by atoms with Crippen LogP contribution < -0.4 is 0 Å². The first-order chi connectivity index (χ1) is 7.45. The second-order valence-corrected chi connectivity index (χ2v) is 4.02. The van der Waals surface area contributed by atoms with E-state index in [1.807, 2.05) is 6.92 Å². The number of aromatic nitrogens is 1. The van der Waals surface area contributed by atoms with Crippen molar-refractivity contribution in [2.75, 3.05) is 0 Å². The molecule has 1 atom stereocenters. The number of hydrogen-bond donors (Lipinski definition) is 0. The predicted octanol–water partition coefficient (Wildman–Crippen LogP) is 4.39. The molecule has 0 N–H and O–H groups in total. The first-order valence-electron chi connectivity index (χ1n) is 5.48. The van der Waals surface area contributed by atoms with E-state index in [9.17, 15) is 13.2 Å². The predicted molar refractivity (Wildman–Crippen MR) is 57.2 cm³/mol.